The minimum Gasteiger partial charge on any atom is -0.396 e. The highest BCUT2D eigenvalue weighted by Gasteiger charge is 2.20. The molecule has 1 heterocycles. The fraction of sp³-hybridized carbons (Fsp3) is 0.500. The van der Waals surface area contributed by atoms with E-state index >= 15 is 0 Å². The lowest BCUT2D eigenvalue weighted by molar-refractivity contribution is 0.224. The number of benzene rings is 1. The standard InChI is InChI=1S/C16H22N2O/c1-12(11-19)10-18-8-7-13-3-2-4-14(16(13)18)9-17-15-5-6-15/h2-4,7-8,12,15,17,19H,5-6,9-11H2,1H3. The van der Waals surface area contributed by atoms with Crippen molar-refractivity contribution in [3.8, 4) is 0 Å². The fourth-order valence-electron chi connectivity index (χ4n) is 2.57. The predicted molar refractivity (Wildman–Crippen MR) is 78.0 cm³/mol. The molecule has 0 amide bonds. The van der Waals surface area contributed by atoms with Crippen molar-refractivity contribution >= 4 is 10.9 Å². The van der Waals surface area contributed by atoms with E-state index in [-0.39, 0.29) is 6.61 Å². The third kappa shape index (κ3) is 2.82. The van der Waals surface area contributed by atoms with E-state index in [0.29, 0.717) is 5.92 Å². The quantitative estimate of drug-likeness (QED) is 0.835. The van der Waals surface area contributed by atoms with Gasteiger partial charge in [-0.05, 0) is 35.8 Å². The Kier molecular flexibility index (Phi) is 3.58. The molecule has 0 bridgehead atoms. The van der Waals surface area contributed by atoms with Crippen LogP contribution in [0.2, 0.25) is 0 Å². The van der Waals surface area contributed by atoms with Crippen molar-refractivity contribution in [1.82, 2.24) is 9.88 Å². The van der Waals surface area contributed by atoms with Crippen LogP contribution in [0.15, 0.2) is 30.5 Å². The SMILES string of the molecule is CC(CO)Cn1ccc2cccc(CNC3CC3)c21. The summed E-state index contributed by atoms with van der Waals surface area (Å²) in [5, 5.41) is 14.1. The van der Waals surface area contributed by atoms with Gasteiger partial charge in [0.05, 0.1) is 5.52 Å². The number of aromatic nitrogens is 1. The molecule has 1 aromatic heterocycles. The lowest BCUT2D eigenvalue weighted by Gasteiger charge is -2.13. The Balaban J connectivity index is 1.88. The highest BCUT2D eigenvalue weighted by atomic mass is 16.3. The molecule has 19 heavy (non-hydrogen) atoms. The molecule has 0 radical (unpaired) electrons. The van der Waals surface area contributed by atoms with Crippen molar-refractivity contribution in [3.05, 3.63) is 36.0 Å². The zero-order valence-electron chi connectivity index (χ0n) is 11.5. The van der Waals surface area contributed by atoms with E-state index in [4.69, 9.17) is 0 Å². The number of aliphatic hydroxyl groups is 1. The van der Waals surface area contributed by atoms with E-state index < -0.39 is 0 Å². The van der Waals surface area contributed by atoms with Crippen molar-refractivity contribution in [3.63, 3.8) is 0 Å². The van der Waals surface area contributed by atoms with E-state index in [0.717, 1.165) is 19.1 Å². The number of nitrogens with one attached hydrogen (secondary N) is 1. The summed E-state index contributed by atoms with van der Waals surface area (Å²) in [5.74, 6) is 0.292. The molecule has 1 fully saturated rings. The van der Waals surface area contributed by atoms with Crippen molar-refractivity contribution < 1.29 is 5.11 Å². The van der Waals surface area contributed by atoms with Crippen LogP contribution in [0.1, 0.15) is 25.3 Å². The van der Waals surface area contributed by atoms with Gasteiger partial charge in [0.1, 0.15) is 0 Å². The van der Waals surface area contributed by atoms with Crippen LogP contribution in [0.3, 0.4) is 0 Å². The minimum absolute atomic E-state index is 0.238. The Morgan fingerprint density at radius 1 is 1.37 bits per heavy atom. The molecule has 3 rings (SSSR count). The van der Waals surface area contributed by atoms with Gasteiger partial charge < -0.3 is 15.0 Å². The Morgan fingerprint density at radius 3 is 2.95 bits per heavy atom. The van der Waals surface area contributed by atoms with Crippen LogP contribution in [-0.4, -0.2) is 22.3 Å². The summed E-state index contributed by atoms with van der Waals surface area (Å²) in [6.07, 6.45) is 4.77. The van der Waals surface area contributed by atoms with Gasteiger partial charge in [0, 0.05) is 31.9 Å². The Bertz CT molecular complexity index is 557. The van der Waals surface area contributed by atoms with E-state index in [9.17, 15) is 5.11 Å². The second-order valence-corrected chi connectivity index (χ2v) is 5.77. The van der Waals surface area contributed by atoms with Crippen molar-refractivity contribution in [1.29, 1.82) is 0 Å². The molecule has 2 aromatic rings. The molecule has 1 saturated carbocycles. The molecule has 1 aliphatic rings. The maximum absolute atomic E-state index is 9.23. The molecule has 1 atom stereocenters. The Morgan fingerprint density at radius 2 is 2.21 bits per heavy atom. The van der Waals surface area contributed by atoms with Crippen molar-refractivity contribution in [2.75, 3.05) is 6.61 Å². The lowest BCUT2D eigenvalue weighted by atomic mass is 10.1. The van der Waals surface area contributed by atoms with Crippen LogP contribution in [0.25, 0.3) is 10.9 Å². The second-order valence-electron chi connectivity index (χ2n) is 5.77. The molecule has 1 unspecified atom stereocenters. The topological polar surface area (TPSA) is 37.2 Å². The minimum atomic E-state index is 0.238. The van der Waals surface area contributed by atoms with E-state index in [2.05, 4.69) is 47.3 Å². The van der Waals surface area contributed by atoms with Gasteiger partial charge >= 0.3 is 0 Å². The maximum atomic E-state index is 9.23. The number of rotatable bonds is 6. The van der Waals surface area contributed by atoms with E-state index in [1.807, 2.05) is 0 Å². The van der Waals surface area contributed by atoms with Crippen LogP contribution in [0, 0.1) is 5.92 Å². The summed E-state index contributed by atoms with van der Waals surface area (Å²) in [5.41, 5.74) is 2.68. The molecule has 0 saturated heterocycles. The first-order valence-electron chi connectivity index (χ1n) is 7.19. The van der Waals surface area contributed by atoms with Crippen LogP contribution in [0.5, 0.6) is 0 Å². The smallest absolute Gasteiger partial charge is 0.0525 e. The number of fused-ring (bicyclic) bond motifs is 1. The zero-order chi connectivity index (χ0) is 13.2. The predicted octanol–water partition coefficient (Wildman–Crippen LogP) is 2.52. The van der Waals surface area contributed by atoms with Gasteiger partial charge in [0.25, 0.3) is 0 Å². The Hall–Kier alpha value is -1.32. The molecular formula is C16H22N2O. The Labute approximate surface area is 114 Å². The van der Waals surface area contributed by atoms with Crippen molar-refractivity contribution in [2.45, 2.75) is 38.9 Å². The number of nitrogens with zero attached hydrogens (tertiary/aromatic N) is 1. The molecule has 0 spiro atoms. The molecule has 1 aromatic carbocycles. The second kappa shape index (κ2) is 5.35. The molecule has 3 nitrogen and oxygen atoms in total. The summed E-state index contributed by atoms with van der Waals surface area (Å²) >= 11 is 0. The van der Waals surface area contributed by atoms with Crippen LogP contribution >= 0.6 is 0 Å². The molecule has 1 aliphatic carbocycles. The summed E-state index contributed by atoms with van der Waals surface area (Å²) in [6, 6.07) is 9.40. The molecule has 102 valence electrons. The summed E-state index contributed by atoms with van der Waals surface area (Å²) in [7, 11) is 0. The van der Waals surface area contributed by atoms with Gasteiger partial charge in [0.2, 0.25) is 0 Å². The highest BCUT2D eigenvalue weighted by Crippen LogP contribution is 2.24. The number of hydrogen-bond acceptors (Lipinski definition) is 2. The van der Waals surface area contributed by atoms with Gasteiger partial charge in [-0.3, -0.25) is 0 Å². The zero-order valence-corrected chi connectivity index (χ0v) is 11.5. The third-order valence-electron chi connectivity index (χ3n) is 3.85. The van der Waals surface area contributed by atoms with Gasteiger partial charge in [-0.1, -0.05) is 25.1 Å². The van der Waals surface area contributed by atoms with Crippen LogP contribution in [0.4, 0.5) is 0 Å². The van der Waals surface area contributed by atoms with Gasteiger partial charge in [-0.25, -0.2) is 0 Å². The number of para-hydroxylation sites is 1. The van der Waals surface area contributed by atoms with Gasteiger partial charge in [-0.15, -0.1) is 0 Å². The average Bonchev–Trinajstić information content (AvgIpc) is 3.17. The summed E-state index contributed by atoms with van der Waals surface area (Å²) in [6.45, 7) is 4.14. The van der Waals surface area contributed by atoms with Gasteiger partial charge in [-0.2, -0.15) is 0 Å². The van der Waals surface area contributed by atoms with Gasteiger partial charge in [0.15, 0.2) is 0 Å². The van der Waals surface area contributed by atoms with E-state index in [1.54, 1.807) is 0 Å². The summed E-state index contributed by atoms with van der Waals surface area (Å²) < 4.78 is 2.28. The first-order chi connectivity index (χ1) is 9.28. The maximum Gasteiger partial charge on any atom is 0.0525 e. The fourth-order valence-corrected chi connectivity index (χ4v) is 2.57. The third-order valence-corrected chi connectivity index (χ3v) is 3.85. The summed E-state index contributed by atoms with van der Waals surface area (Å²) in [4.78, 5) is 0. The monoisotopic (exact) mass is 258 g/mol. The normalized spacial score (nSPS) is 16.9. The first-order valence-corrected chi connectivity index (χ1v) is 7.19. The first kappa shape index (κ1) is 12.7. The average molecular weight is 258 g/mol. The lowest BCUT2D eigenvalue weighted by Crippen LogP contribution is -2.17. The largest absolute Gasteiger partial charge is 0.396 e. The molecule has 0 aliphatic heterocycles. The number of aliphatic hydroxyl groups excluding tert-OH is 1. The van der Waals surface area contributed by atoms with Crippen molar-refractivity contribution in [2.24, 2.45) is 5.92 Å². The van der Waals surface area contributed by atoms with Crippen LogP contribution in [-0.2, 0) is 13.1 Å². The highest BCUT2D eigenvalue weighted by molar-refractivity contribution is 5.83. The number of hydrogen-bond donors (Lipinski definition) is 2. The van der Waals surface area contributed by atoms with Crippen LogP contribution < -0.4 is 5.32 Å². The molecular weight excluding hydrogens is 236 g/mol. The molecule has 3 heteroatoms. The van der Waals surface area contributed by atoms with E-state index in [1.165, 1.54) is 29.3 Å². The molecule has 2 N–H and O–H groups in total.